The van der Waals surface area contributed by atoms with Crippen molar-refractivity contribution in [3.8, 4) is 17.1 Å². The van der Waals surface area contributed by atoms with Gasteiger partial charge in [0.15, 0.2) is 5.82 Å². The normalized spacial score (nSPS) is 11.0. The highest BCUT2D eigenvalue weighted by molar-refractivity contribution is 7.99. The van der Waals surface area contributed by atoms with Gasteiger partial charge in [-0.3, -0.25) is 4.79 Å². The van der Waals surface area contributed by atoms with Crippen LogP contribution >= 0.6 is 11.8 Å². The summed E-state index contributed by atoms with van der Waals surface area (Å²) in [6, 6.07) is 11.5. The molecule has 0 bridgehead atoms. The number of aromatic nitrogens is 5. The Hall–Kier alpha value is -3.53. The number of furan rings is 1. The fourth-order valence-corrected chi connectivity index (χ4v) is 3.61. The van der Waals surface area contributed by atoms with Crippen molar-refractivity contribution in [2.45, 2.75) is 25.9 Å². The Kier molecular flexibility index (Phi) is 5.32. The molecule has 0 unspecified atom stereocenters. The summed E-state index contributed by atoms with van der Waals surface area (Å²) in [7, 11) is 0. The highest BCUT2D eigenvalue weighted by Crippen LogP contribution is 2.25. The minimum atomic E-state index is -0.197. The Morgan fingerprint density at radius 2 is 1.93 bits per heavy atom. The minimum absolute atomic E-state index is 0.123. The summed E-state index contributed by atoms with van der Waals surface area (Å²) in [6.45, 7) is 5.72. The Labute approximate surface area is 177 Å². The second kappa shape index (κ2) is 8.07. The number of hydrogen-bond donors (Lipinski definition) is 2. The van der Waals surface area contributed by atoms with Gasteiger partial charge in [-0.15, -0.1) is 10.2 Å². The molecule has 0 saturated carbocycles. The first kappa shape index (κ1) is 19.8. The number of nitrogens with zero attached hydrogens (tertiary/aromatic N) is 5. The zero-order valence-electron chi connectivity index (χ0n) is 16.8. The predicted molar refractivity (Wildman–Crippen MR) is 115 cm³/mol. The third-order valence-electron chi connectivity index (χ3n) is 4.47. The van der Waals surface area contributed by atoms with E-state index in [0.29, 0.717) is 22.6 Å². The summed E-state index contributed by atoms with van der Waals surface area (Å²) in [5.74, 6) is 7.81. The van der Waals surface area contributed by atoms with E-state index in [0.717, 1.165) is 22.5 Å². The number of carbonyl (C=O) groups is 1. The van der Waals surface area contributed by atoms with Crippen LogP contribution in [0.4, 0.5) is 5.82 Å². The van der Waals surface area contributed by atoms with Gasteiger partial charge in [0.2, 0.25) is 11.1 Å². The second-order valence-corrected chi connectivity index (χ2v) is 7.76. The Bertz CT molecular complexity index is 1190. The van der Waals surface area contributed by atoms with Crippen molar-refractivity contribution in [2.24, 2.45) is 0 Å². The number of benzene rings is 1. The van der Waals surface area contributed by atoms with Crippen molar-refractivity contribution in [3.05, 3.63) is 59.7 Å². The molecule has 0 aliphatic carbocycles. The van der Waals surface area contributed by atoms with Gasteiger partial charge in [-0.2, -0.15) is 5.10 Å². The molecule has 3 aromatic heterocycles. The first-order valence-electron chi connectivity index (χ1n) is 9.23. The molecule has 0 aliphatic heterocycles. The van der Waals surface area contributed by atoms with Crippen LogP contribution in [0.2, 0.25) is 0 Å². The molecule has 0 spiro atoms. The standard InChI is InChI=1S/C20H21N7O2S/c1-12-4-6-15(7-5-12)27-17(10-13(2)25-27)22-18(28)11-30-20-24-23-19(26(20)21)16-8-9-29-14(16)3/h4-10H,11,21H2,1-3H3,(H,22,28). The van der Waals surface area contributed by atoms with Gasteiger partial charge in [-0.1, -0.05) is 29.5 Å². The molecule has 1 amide bonds. The molecule has 154 valence electrons. The number of aryl methyl sites for hydroxylation is 3. The SMILES string of the molecule is Cc1ccc(-n2nc(C)cc2NC(=O)CSc2nnc(-c3ccoc3C)n2N)cc1. The highest BCUT2D eigenvalue weighted by atomic mass is 32.2. The van der Waals surface area contributed by atoms with Gasteiger partial charge in [-0.05, 0) is 39.0 Å². The lowest BCUT2D eigenvalue weighted by Gasteiger charge is -2.09. The van der Waals surface area contributed by atoms with E-state index in [9.17, 15) is 4.79 Å². The molecule has 9 nitrogen and oxygen atoms in total. The van der Waals surface area contributed by atoms with Crippen LogP contribution in [0.1, 0.15) is 17.0 Å². The zero-order valence-corrected chi connectivity index (χ0v) is 17.6. The van der Waals surface area contributed by atoms with Crippen LogP contribution in [0.3, 0.4) is 0 Å². The molecular formula is C20H21N7O2S. The van der Waals surface area contributed by atoms with E-state index in [4.69, 9.17) is 10.3 Å². The lowest BCUT2D eigenvalue weighted by molar-refractivity contribution is -0.113. The second-order valence-electron chi connectivity index (χ2n) is 6.82. The number of thioether (sulfide) groups is 1. The number of nitrogen functional groups attached to an aromatic ring is 1. The maximum atomic E-state index is 12.5. The maximum Gasteiger partial charge on any atom is 0.236 e. The molecule has 0 atom stereocenters. The first-order valence-corrected chi connectivity index (χ1v) is 10.2. The number of nitrogens with two attached hydrogens (primary N) is 1. The number of carbonyl (C=O) groups excluding carboxylic acids is 1. The van der Waals surface area contributed by atoms with Crippen molar-refractivity contribution in [2.75, 3.05) is 16.9 Å². The van der Waals surface area contributed by atoms with Crippen LogP contribution in [0, 0.1) is 20.8 Å². The molecule has 3 heterocycles. The topological polar surface area (TPSA) is 117 Å². The summed E-state index contributed by atoms with van der Waals surface area (Å²) < 4.78 is 8.36. The van der Waals surface area contributed by atoms with E-state index >= 15 is 0 Å². The third kappa shape index (κ3) is 3.94. The van der Waals surface area contributed by atoms with Crippen LogP contribution < -0.4 is 11.2 Å². The van der Waals surface area contributed by atoms with Gasteiger partial charge in [-0.25, -0.2) is 9.36 Å². The average molecular weight is 424 g/mol. The highest BCUT2D eigenvalue weighted by Gasteiger charge is 2.17. The summed E-state index contributed by atoms with van der Waals surface area (Å²) >= 11 is 1.20. The van der Waals surface area contributed by atoms with E-state index in [1.54, 1.807) is 17.0 Å². The van der Waals surface area contributed by atoms with Crippen molar-refractivity contribution in [1.82, 2.24) is 24.7 Å². The molecule has 0 aliphatic rings. The summed E-state index contributed by atoms with van der Waals surface area (Å²) in [6.07, 6.45) is 1.57. The number of amides is 1. The largest absolute Gasteiger partial charge is 0.469 e. The van der Waals surface area contributed by atoms with E-state index in [1.807, 2.05) is 51.1 Å². The Morgan fingerprint density at radius 3 is 2.63 bits per heavy atom. The molecule has 4 rings (SSSR count). The lowest BCUT2D eigenvalue weighted by atomic mass is 10.2. The van der Waals surface area contributed by atoms with Crippen molar-refractivity contribution in [3.63, 3.8) is 0 Å². The Balaban J connectivity index is 1.45. The van der Waals surface area contributed by atoms with Gasteiger partial charge in [0, 0.05) is 6.07 Å². The monoisotopic (exact) mass is 423 g/mol. The van der Waals surface area contributed by atoms with Gasteiger partial charge in [0.1, 0.15) is 11.6 Å². The number of anilines is 1. The molecule has 0 saturated heterocycles. The van der Waals surface area contributed by atoms with Crippen LogP contribution in [0.15, 0.2) is 52.2 Å². The average Bonchev–Trinajstić information content (AvgIpc) is 3.40. The number of nitrogens with one attached hydrogen (secondary N) is 1. The summed E-state index contributed by atoms with van der Waals surface area (Å²) in [5.41, 5.74) is 3.60. The first-order chi connectivity index (χ1) is 14.4. The van der Waals surface area contributed by atoms with E-state index in [-0.39, 0.29) is 11.7 Å². The van der Waals surface area contributed by atoms with Crippen LogP contribution in [0.5, 0.6) is 0 Å². The molecular weight excluding hydrogens is 402 g/mol. The smallest absolute Gasteiger partial charge is 0.236 e. The molecule has 0 fully saturated rings. The maximum absolute atomic E-state index is 12.5. The zero-order chi connectivity index (χ0) is 21.3. The predicted octanol–water partition coefficient (Wildman–Crippen LogP) is 3.09. The lowest BCUT2D eigenvalue weighted by Crippen LogP contribution is -2.18. The van der Waals surface area contributed by atoms with Crippen LogP contribution in [-0.4, -0.2) is 36.3 Å². The van der Waals surface area contributed by atoms with Gasteiger partial charge < -0.3 is 15.6 Å². The molecule has 1 aromatic carbocycles. The van der Waals surface area contributed by atoms with Gasteiger partial charge >= 0.3 is 0 Å². The van der Waals surface area contributed by atoms with Crippen LogP contribution in [-0.2, 0) is 4.79 Å². The van der Waals surface area contributed by atoms with Gasteiger partial charge in [0.05, 0.1) is 29.0 Å². The molecule has 0 radical (unpaired) electrons. The molecule has 4 aromatic rings. The van der Waals surface area contributed by atoms with E-state index < -0.39 is 0 Å². The van der Waals surface area contributed by atoms with E-state index in [1.165, 1.54) is 16.4 Å². The van der Waals surface area contributed by atoms with Crippen molar-refractivity contribution < 1.29 is 9.21 Å². The molecule has 30 heavy (non-hydrogen) atoms. The van der Waals surface area contributed by atoms with Gasteiger partial charge in [0.25, 0.3) is 0 Å². The van der Waals surface area contributed by atoms with E-state index in [2.05, 4.69) is 20.6 Å². The Morgan fingerprint density at radius 1 is 1.17 bits per heavy atom. The summed E-state index contributed by atoms with van der Waals surface area (Å²) in [4.78, 5) is 12.5. The fourth-order valence-electron chi connectivity index (χ4n) is 2.96. The molecule has 10 heteroatoms. The van der Waals surface area contributed by atoms with Crippen molar-refractivity contribution >= 4 is 23.5 Å². The minimum Gasteiger partial charge on any atom is -0.469 e. The van der Waals surface area contributed by atoms with Crippen LogP contribution in [0.25, 0.3) is 17.1 Å². The fraction of sp³-hybridized carbons (Fsp3) is 0.200. The quantitative estimate of drug-likeness (QED) is 0.361. The summed E-state index contributed by atoms with van der Waals surface area (Å²) in [5, 5.41) is 16.0. The number of hydrogen-bond acceptors (Lipinski definition) is 7. The molecule has 3 N–H and O–H groups in total. The number of rotatable bonds is 6. The van der Waals surface area contributed by atoms with Crippen molar-refractivity contribution in [1.29, 1.82) is 0 Å². The third-order valence-corrected chi connectivity index (χ3v) is 5.42.